The van der Waals surface area contributed by atoms with E-state index < -0.39 is 0 Å². The fourth-order valence-electron chi connectivity index (χ4n) is 1.21. The van der Waals surface area contributed by atoms with Gasteiger partial charge in [0.15, 0.2) is 0 Å². The molecule has 0 atom stereocenters. The molecule has 3 N–H and O–H groups in total. The van der Waals surface area contributed by atoms with Crippen LogP contribution in [0, 0.1) is 5.92 Å². The van der Waals surface area contributed by atoms with Gasteiger partial charge in [-0.2, -0.15) is 0 Å². The van der Waals surface area contributed by atoms with Gasteiger partial charge in [-0.05, 0) is 24.1 Å². The third-order valence-corrected chi connectivity index (χ3v) is 2.21. The summed E-state index contributed by atoms with van der Waals surface area (Å²) >= 11 is 5.81. The van der Waals surface area contributed by atoms with Gasteiger partial charge in [-0.1, -0.05) is 25.4 Å². The molecule has 1 aromatic rings. The number of benzene rings is 1. The highest BCUT2D eigenvalue weighted by Gasteiger charge is 2.06. The number of nitrogens with two attached hydrogens (primary N) is 1. The molecule has 0 bridgehead atoms. The van der Waals surface area contributed by atoms with E-state index in [0.717, 1.165) is 0 Å². The van der Waals surface area contributed by atoms with Crippen LogP contribution in [-0.2, 0) is 9.53 Å². The molecule has 1 amide bonds. The van der Waals surface area contributed by atoms with Crippen LogP contribution in [0.25, 0.3) is 0 Å². The van der Waals surface area contributed by atoms with E-state index in [1.165, 1.54) is 0 Å². The van der Waals surface area contributed by atoms with Gasteiger partial charge >= 0.3 is 0 Å². The van der Waals surface area contributed by atoms with Crippen LogP contribution in [0.5, 0.6) is 0 Å². The minimum Gasteiger partial charge on any atom is -0.397 e. The van der Waals surface area contributed by atoms with Gasteiger partial charge in [0.2, 0.25) is 5.91 Å². The molecule has 94 valence electrons. The van der Waals surface area contributed by atoms with Gasteiger partial charge in [0.05, 0.1) is 11.4 Å². The number of rotatable bonds is 5. The zero-order valence-corrected chi connectivity index (χ0v) is 10.8. The van der Waals surface area contributed by atoms with Crippen molar-refractivity contribution in [1.29, 1.82) is 0 Å². The number of nitrogen functional groups attached to an aromatic ring is 1. The second-order valence-electron chi connectivity index (χ2n) is 4.19. The predicted molar refractivity (Wildman–Crippen MR) is 70.2 cm³/mol. The molecule has 4 nitrogen and oxygen atoms in total. The van der Waals surface area contributed by atoms with E-state index in [-0.39, 0.29) is 12.5 Å². The van der Waals surface area contributed by atoms with Gasteiger partial charge < -0.3 is 15.8 Å². The van der Waals surface area contributed by atoms with E-state index in [2.05, 4.69) is 5.32 Å². The first-order chi connectivity index (χ1) is 7.99. The standard InChI is InChI=1S/C12H17ClN2O2/c1-8(2)6-17-7-12(16)15-11-5-9(13)3-4-10(11)14/h3-5,8H,6-7,14H2,1-2H3,(H,15,16). The van der Waals surface area contributed by atoms with E-state index in [1.807, 2.05) is 13.8 Å². The number of ether oxygens (including phenoxy) is 1. The van der Waals surface area contributed by atoms with Crippen LogP contribution in [0.15, 0.2) is 18.2 Å². The summed E-state index contributed by atoms with van der Waals surface area (Å²) in [5.74, 6) is 0.165. The third-order valence-electron chi connectivity index (χ3n) is 1.97. The van der Waals surface area contributed by atoms with Crippen molar-refractivity contribution >= 4 is 28.9 Å². The fraction of sp³-hybridized carbons (Fsp3) is 0.417. The van der Waals surface area contributed by atoms with E-state index in [1.54, 1.807) is 18.2 Å². The first kappa shape index (κ1) is 13.8. The second kappa shape index (κ2) is 6.47. The highest BCUT2D eigenvalue weighted by molar-refractivity contribution is 6.31. The molecule has 0 unspecified atom stereocenters. The van der Waals surface area contributed by atoms with Crippen molar-refractivity contribution in [3.63, 3.8) is 0 Å². The van der Waals surface area contributed by atoms with E-state index >= 15 is 0 Å². The van der Waals surface area contributed by atoms with Crippen molar-refractivity contribution in [2.45, 2.75) is 13.8 Å². The number of carbonyl (C=O) groups is 1. The first-order valence-corrected chi connectivity index (χ1v) is 5.79. The molecule has 0 saturated heterocycles. The molecule has 0 aliphatic carbocycles. The zero-order valence-electron chi connectivity index (χ0n) is 10.00. The Morgan fingerprint density at radius 1 is 1.53 bits per heavy atom. The summed E-state index contributed by atoms with van der Waals surface area (Å²) in [7, 11) is 0. The Balaban J connectivity index is 2.47. The summed E-state index contributed by atoms with van der Waals surface area (Å²) in [5, 5.41) is 3.18. The maximum Gasteiger partial charge on any atom is 0.250 e. The largest absolute Gasteiger partial charge is 0.397 e. The van der Waals surface area contributed by atoms with E-state index in [4.69, 9.17) is 22.1 Å². The number of anilines is 2. The van der Waals surface area contributed by atoms with E-state index in [9.17, 15) is 4.79 Å². The van der Waals surface area contributed by atoms with Crippen LogP contribution in [0.1, 0.15) is 13.8 Å². The Labute approximate surface area is 106 Å². The quantitative estimate of drug-likeness (QED) is 0.796. The number of carbonyl (C=O) groups excluding carboxylic acids is 1. The summed E-state index contributed by atoms with van der Waals surface area (Å²) in [5.41, 5.74) is 6.69. The molecule has 0 aliphatic heterocycles. The Kier molecular flexibility index (Phi) is 5.25. The van der Waals surface area contributed by atoms with Gasteiger partial charge in [0.25, 0.3) is 0 Å². The van der Waals surface area contributed by atoms with Crippen LogP contribution in [0.4, 0.5) is 11.4 Å². The summed E-state index contributed by atoms with van der Waals surface area (Å²) in [6.07, 6.45) is 0. The molecule has 5 heteroatoms. The topological polar surface area (TPSA) is 64.3 Å². The van der Waals surface area contributed by atoms with Crippen molar-refractivity contribution in [3.8, 4) is 0 Å². The van der Waals surface area contributed by atoms with Gasteiger partial charge in [-0.25, -0.2) is 0 Å². The molecule has 1 aromatic carbocycles. The van der Waals surface area contributed by atoms with Gasteiger partial charge in [0, 0.05) is 11.6 Å². The maximum atomic E-state index is 11.5. The van der Waals surface area contributed by atoms with Crippen molar-refractivity contribution < 1.29 is 9.53 Å². The first-order valence-electron chi connectivity index (χ1n) is 5.41. The number of hydrogen-bond donors (Lipinski definition) is 2. The fourth-order valence-corrected chi connectivity index (χ4v) is 1.38. The van der Waals surface area contributed by atoms with Gasteiger partial charge in [0.1, 0.15) is 6.61 Å². The molecule has 1 rings (SSSR count). The van der Waals surface area contributed by atoms with Crippen molar-refractivity contribution in [3.05, 3.63) is 23.2 Å². The minimum atomic E-state index is -0.236. The van der Waals surface area contributed by atoms with Crippen LogP contribution in [0.2, 0.25) is 5.02 Å². The molecule has 0 radical (unpaired) electrons. The van der Waals surface area contributed by atoms with Crippen molar-refractivity contribution in [2.24, 2.45) is 5.92 Å². The highest BCUT2D eigenvalue weighted by Crippen LogP contribution is 2.22. The molecular weight excluding hydrogens is 240 g/mol. The molecule has 0 spiro atoms. The lowest BCUT2D eigenvalue weighted by Gasteiger charge is -2.09. The smallest absolute Gasteiger partial charge is 0.250 e. The Morgan fingerprint density at radius 3 is 2.88 bits per heavy atom. The molecule has 0 saturated carbocycles. The number of nitrogens with one attached hydrogen (secondary N) is 1. The Morgan fingerprint density at radius 2 is 2.24 bits per heavy atom. The monoisotopic (exact) mass is 256 g/mol. The van der Waals surface area contributed by atoms with Gasteiger partial charge in [-0.15, -0.1) is 0 Å². The molecule has 17 heavy (non-hydrogen) atoms. The number of amides is 1. The number of hydrogen-bond acceptors (Lipinski definition) is 3. The van der Waals surface area contributed by atoms with Crippen LogP contribution in [0.3, 0.4) is 0 Å². The highest BCUT2D eigenvalue weighted by atomic mass is 35.5. The van der Waals surface area contributed by atoms with Crippen molar-refractivity contribution in [2.75, 3.05) is 24.3 Å². The summed E-state index contributed by atoms with van der Waals surface area (Å²) in [4.78, 5) is 11.5. The average Bonchev–Trinajstić information content (AvgIpc) is 2.23. The molecular formula is C12H17ClN2O2. The Hall–Kier alpha value is -1.26. The van der Waals surface area contributed by atoms with Crippen LogP contribution in [-0.4, -0.2) is 19.1 Å². The maximum absolute atomic E-state index is 11.5. The average molecular weight is 257 g/mol. The number of halogens is 1. The third kappa shape index (κ3) is 5.06. The lowest BCUT2D eigenvalue weighted by atomic mass is 10.2. The van der Waals surface area contributed by atoms with Crippen LogP contribution < -0.4 is 11.1 Å². The summed E-state index contributed by atoms with van der Waals surface area (Å²) < 4.78 is 5.21. The lowest BCUT2D eigenvalue weighted by molar-refractivity contribution is -0.120. The SMILES string of the molecule is CC(C)COCC(=O)Nc1cc(Cl)ccc1N. The summed E-state index contributed by atoms with van der Waals surface area (Å²) in [6, 6.07) is 4.92. The molecule has 0 heterocycles. The Bertz CT molecular complexity index is 394. The van der Waals surface area contributed by atoms with Gasteiger partial charge in [-0.3, -0.25) is 4.79 Å². The lowest BCUT2D eigenvalue weighted by Crippen LogP contribution is -2.20. The molecule has 0 aliphatic rings. The van der Waals surface area contributed by atoms with E-state index in [0.29, 0.717) is 28.9 Å². The van der Waals surface area contributed by atoms with Crippen molar-refractivity contribution in [1.82, 2.24) is 0 Å². The van der Waals surface area contributed by atoms with Crippen LogP contribution >= 0.6 is 11.6 Å². The predicted octanol–water partition coefficient (Wildman–Crippen LogP) is 2.53. The normalized spacial score (nSPS) is 10.6. The second-order valence-corrected chi connectivity index (χ2v) is 4.63. The molecule has 0 fully saturated rings. The zero-order chi connectivity index (χ0) is 12.8. The minimum absolute atomic E-state index is 0.0180. The molecule has 0 aromatic heterocycles. The summed E-state index contributed by atoms with van der Waals surface area (Å²) in [6.45, 7) is 4.61.